The molecule has 0 aliphatic carbocycles. The normalized spacial score (nSPS) is 24.7. The first kappa shape index (κ1) is 15.5. The molecular formula is C16H23N3O2S. The number of fused-ring (bicyclic) bond motifs is 1. The Bertz CT molecular complexity index is 598. The number of rotatable bonds is 5. The average molecular weight is 321 g/mol. The highest BCUT2D eigenvalue weighted by Gasteiger charge is 2.58. The third kappa shape index (κ3) is 2.33. The number of amides is 3. The van der Waals surface area contributed by atoms with Crippen molar-refractivity contribution in [3.8, 4) is 0 Å². The third-order valence-electron chi connectivity index (χ3n) is 4.68. The summed E-state index contributed by atoms with van der Waals surface area (Å²) in [5.41, 5.74) is -0.567. The monoisotopic (exact) mass is 321 g/mol. The Labute approximate surface area is 135 Å². The summed E-state index contributed by atoms with van der Waals surface area (Å²) in [5, 5.41) is 1.08. The fraction of sp³-hybridized carbons (Fsp3) is 0.688. The largest absolute Gasteiger partial charge is 0.328 e. The van der Waals surface area contributed by atoms with Crippen LogP contribution in [0.2, 0.25) is 0 Å². The Hall–Kier alpha value is -1.43. The Morgan fingerprint density at radius 2 is 2.18 bits per heavy atom. The molecule has 3 heterocycles. The van der Waals surface area contributed by atoms with E-state index in [1.165, 1.54) is 4.90 Å². The highest BCUT2D eigenvalue weighted by molar-refractivity contribution is 7.11. The molecule has 120 valence electrons. The molecule has 6 heteroatoms. The van der Waals surface area contributed by atoms with Crippen LogP contribution < -0.4 is 0 Å². The molecule has 3 amide bonds. The van der Waals surface area contributed by atoms with Gasteiger partial charge in [0, 0.05) is 24.0 Å². The molecule has 0 bridgehead atoms. The standard InChI is InChI=1S/C16H23N3O2S/c1-4-16-6-5-7-19(16)15(21)18(14(16)20)10-12-9-17-13(22-12)8-11(2)3/h9,11H,4-8,10H2,1-3H3. The van der Waals surface area contributed by atoms with Gasteiger partial charge in [-0.15, -0.1) is 11.3 Å². The maximum Gasteiger partial charge on any atom is 0.328 e. The van der Waals surface area contributed by atoms with Crippen molar-refractivity contribution in [2.75, 3.05) is 6.54 Å². The first-order valence-corrected chi connectivity index (χ1v) is 8.86. The number of urea groups is 1. The van der Waals surface area contributed by atoms with Crippen LogP contribution in [0.5, 0.6) is 0 Å². The van der Waals surface area contributed by atoms with E-state index in [0.717, 1.165) is 29.1 Å². The van der Waals surface area contributed by atoms with E-state index >= 15 is 0 Å². The summed E-state index contributed by atoms with van der Waals surface area (Å²) < 4.78 is 0. The molecule has 0 N–H and O–H groups in total. The average Bonchev–Trinajstić information content (AvgIpc) is 3.13. The second kappa shape index (κ2) is 5.65. The quantitative estimate of drug-likeness (QED) is 0.783. The van der Waals surface area contributed by atoms with Crippen LogP contribution in [-0.4, -0.2) is 38.8 Å². The second-order valence-corrected chi connectivity index (χ2v) is 7.83. The summed E-state index contributed by atoms with van der Waals surface area (Å²) in [6.07, 6.45) is 5.18. The minimum absolute atomic E-state index is 0.0173. The second-order valence-electron chi connectivity index (χ2n) is 6.63. The Kier molecular flexibility index (Phi) is 3.97. The van der Waals surface area contributed by atoms with Crippen molar-refractivity contribution in [1.29, 1.82) is 0 Å². The minimum atomic E-state index is -0.567. The number of hydrogen-bond donors (Lipinski definition) is 0. The van der Waals surface area contributed by atoms with Crippen molar-refractivity contribution in [1.82, 2.24) is 14.8 Å². The number of thiazole rings is 1. The number of carbonyl (C=O) groups excluding carboxylic acids is 2. The lowest BCUT2D eigenvalue weighted by Crippen LogP contribution is -2.44. The van der Waals surface area contributed by atoms with Gasteiger partial charge < -0.3 is 4.90 Å². The van der Waals surface area contributed by atoms with Crippen molar-refractivity contribution in [3.63, 3.8) is 0 Å². The predicted molar refractivity (Wildman–Crippen MR) is 85.6 cm³/mol. The highest BCUT2D eigenvalue weighted by atomic mass is 32.1. The molecule has 1 atom stereocenters. The molecule has 1 aromatic rings. The highest BCUT2D eigenvalue weighted by Crippen LogP contribution is 2.40. The zero-order valence-electron chi connectivity index (χ0n) is 13.5. The maximum absolute atomic E-state index is 12.8. The van der Waals surface area contributed by atoms with Gasteiger partial charge in [0.1, 0.15) is 5.54 Å². The first-order chi connectivity index (χ1) is 10.5. The molecule has 2 fully saturated rings. The van der Waals surface area contributed by atoms with Crippen molar-refractivity contribution < 1.29 is 9.59 Å². The van der Waals surface area contributed by atoms with Gasteiger partial charge in [0.2, 0.25) is 0 Å². The molecule has 0 spiro atoms. The van der Waals surface area contributed by atoms with Gasteiger partial charge in [0.15, 0.2) is 0 Å². The van der Waals surface area contributed by atoms with Crippen LogP contribution in [0, 0.1) is 5.92 Å². The van der Waals surface area contributed by atoms with Gasteiger partial charge >= 0.3 is 6.03 Å². The van der Waals surface area contributed by atoms with Crippen LogP contribution in [0.3, 0.4) is 0 Å². The van der Waals surface area contributed by atoms with E-state index in [1.807, 2.05) is 13.1 Å². The number of imide groups is 1. The van der Waals surface area contributed by atoms with Crippen LogP contribution in [0.4, 0.5) is 4.79 Å². The first-order valence-electron chi connectivity index (χ1n) is 8.05. The summed E-state index contributed by atoms with van der Waals surface area (Å²) >= 11 is 1.61. The summed E-state index contributed by atoms with van der Waals surface area (Å²) in [6, 6.07) is -0.122. The van der Waals surface area contributed by atoms with E-state index in [9.17, 15) is 9.59 Å². The molecule has 5 nitrogen and oxygen atoms in total. The molecule has 0 radical (unpaired) electrons. The smallest absolute Gasteiger partial charge is 0.310 e. The van der Waals surface area contributed by atoms with E-state index < -0.39 is 5.54 Å². The molecule has 0 saturated carbocycles. The fourth-order valence-electron chi connectivity index (χ4n) is 3.54. The van der Waals surface area contributed by atoms with Gasteiger partial charge in [0.05, 0.1) is 11.6 Å². The van der Waals surface area contributed by atoms with Gasteiger partial charge in [-0.25, -0.2) is 9.78 Å². The molecule has 1 unspecified atom stereocenters. The molecule has 22 heavy (non-hydrogen) atoms. The van der Waals surface area contributed by atoms with Gasteiger partial charge in [0.25, 0.3) is 5.91 Å². The molecular weight excluding hydrogens is 298 g/mol. The summed E-state index contributed by atoms with van der Waals surface area (Å²) in [7, 11) is 0. The van der Waals surface area contributed by atoms with Gasteiger partial charge in [-0.3, -0.25) is 9.69 Å². The van der Waals surface area contributed by atoms with E-state index in [-0.39, 0.29) is 11.9 Å². The van der Waals surface area contributed by atoms with E-state index in [1.54, 1.807) is 16.2 Å². The van der Waals surface area contributed by atoms with Crippen LogP contribution >= 0.6 is 11.3 Å². The minimum Gasteiger partial charge on any atom is -0.310 e. The molecule has 0 aromatic carbocycles. The number of nitrogens with zero attached hydrogens (tertiary/aromatic N) is 3. The van der Waals surface area contributed by atoms with Crippen molar-refractivity contribution in [2.24, 2.45) is 5.92 Å². The van der Waals surface area contributed by atoms with Crippen LogP contribution in [-0.2, 0) is 17.8 Å². The van der Waals surface area contributed by atoms with Gasteiger partial charge in [-0.2, -0.15) is 0 Å². The lowest BCUT2D eigenvalue weighted by atomic mass is 9.93. The van der Waals surface area contributed by atoms with E-state index in [0.29, 0.717) is 25.4 Å². The molecule has 3 rings (SSSR count). The number of hydrogen-bond acceptors (Lipinski definition) is 4. The van der Waals surface area contributed by atoms with Gasteiger partial charge in [-0.1, -0.05) is 20.8 Å². The molecule has 2 aliphatic rings. The van der Waals surface area contributed by atoms with Gasteiger partial charge in [-0.05, 0) is 25.2 Å². The predicted octanol–water partition coefficient (Wildman–Crippen LogP) is 3.05. The number of aromatic nitrogens is 1. The Morgan fingerprint density at radius 3 is 2.82 bits per heavy atom. The molecule has 2 saturated heterocycles. The lowest BCUT2D eigenvalue weighted by molar-refractivity contribution is -0.133. The summed E-state index contributed by atoms with van der Waals surface area (Å²) in [6.45, 7) is 7.39. The van der Waals surface area contributed by atoms with Crippen molar-refractivity contribution in [3.05, 3.63) is 16.1 Å². The number of carbonyl (C=O) groups is 2. The van der Waals surface area contributed by atoms with Crippen molar-refractivity contribution >= 4 is 23.3 Å². The lowest BCUT2D eigenvalue weighted by Gasteiger charge is -2.26. The maximum atomic E-state index is 12.8. The summed E-state index contributed by atoms with van der Waals surface area (Å²) in [4.78, 5) is 34.0. The fourth-order valence-corrected chi connectivity index (χ4v) is 4.67. The van der Waals surface area contributed by atoms with Crippen LogP contribution in [0.1, 0.15) is 49.9 Å². The topological polar surface area (TPSA) is 53.5 Å². The SMILES string of the molecule is CCC12CCCN1C(=O)N(Cc1cnc(CC(C)C)s1)C2=O. The van der Waals surface area contributed by atoms with Crippen LogP contribution in [0.15, 0.2) is 6.20 Å². The Balaban J connectivity index is 1.77. The van der Waals surface area contributed by atoms with E-state index in [2.05, 4.69) is 18.8 Å². The zero-order valence-corrected chi connectivity index (χ0v) is 14.3. The molecule has 1 aromatic heterocycles. The van der Waals surface area contributed by atoms with Crippen molar-refractivity contribution in [2.45, 2.75) is 58.5 Å². The molecule has 2 aliphatic heterocycles. The zero-order chi connectivity index (χ0) is 15.9. The van der Waals surface area contributed by atoms with Crippen LogP contribution in [0.25, 0.3) is 0 Å². The summed E-state index contributed by atoms with van der Waals surface area (Å²) in [5.74, 6) is 0.541. The Morgan fingerprint density at radius 1 is 1.41 bits per heavy atom. The van der Waals surface area contributed by atoms with E-state index in [4.69, 9.17) is 0 Å². The third-order valence-corrected chi connectivity index (χ3v) is 5.68.